The van der Waals surface area contributed by atoms with E-state index in [0.29, 0.717) is 56.4 Å². The van der Waals surface area contributed by atoms with E-state index in [1.54, 1.807) is 0 Å². The number of carbonyl (C=O) groups excluding carboxylic acids is 7. The number of hydrogen-bond acceptors (Lipinski definition) is 21. The van der Waals surface area contributed by atoms with Crippen molar-refractivity contribution in [3.63, 3.8) is 0 Å². The van der Waals surface area contributed by atoms with E-state index in [4.69, 9.17) is 73.3 Å². The van der Waals surface area contributed by atoms with Crippen LogP contribution in [0.25, 0.3) is 11.0 Å². The fourth-order valence-electron chi connectivity index (χ4n) is 15.4. The second kappa shape index (κ2) is 29.1. The summed E-state index contributed by atoms with van der Waals surface area (Å²) in [5, 5.41) is 36.0. The molecule has 2 saturated heterocycles. The number of aliphatic hydroxyl groups excluding tert-OH is 2. The third-order valence-electron chi connectivity index (χ3n) is 20.6. The molecule has 94 heavy (non-hydrogen) atoms. The average Bonchev–Trinajstić information content (AvgIpc) is 1.53. The number of primary amides is 6. The van der Waals surface area contributed by atoms with Crippen LogP contribution in [-0.4, -0.2) is 133 Å². The van der Waals surface area contributed by atoms with Crippen molar-refractivity contribution >= 4 is 77.3 Å². The molecule has 2 fully saturated rings. The molecule has 1 aromatic heterocycles. The number of phosphoric ester groups is 1. The molecular formula is C62H90CoN14O16P-. The number of nitrogens with one attached hydrogen (secondary N) is 2. The third kappa shape index (κ3) is 15.0. The monoisotopic (exact) mass is 1380 g/mol. The number of allylic oxidation sites excluding steroid dienone is 6. The minimum atomic E-state index is -5.32. The second-order valence-electron chi connectivity index (χ2n) is 27.1. The summed E-state index contributed by atoms with van der Waals surface area (Å²) in [6.07, 6.45) is -4.57. The van der Waals surface area contributed by atoms with E-state index in [9.17, 15) is 53.2 Å². The first-order chi connectivity index (χ1) is 43.2. The van der Waals surface area contributed by atoms with Gasteiger partial charge in [0.25, 0.3) is 7.82 Å². The number of rotatable bonds is 26. The molecule has 6 aliphatic rings. The number of aryl methyl sites for hydroxylation is 2. The summed E-state index contributed by atoms with van der Waals surface area (Å²) in [7, 11) is -5.32. The second-order valence-corrected chi connectivity index (χ2v) is 28.5. The zero-order valence-corrected chi connectivity index (χ0v) is 56.8. The molecule has 519 valence electrons. The van der Waals surface area contributed by atoms with E-state index in [1.165, 1.54) is 23.2 Å². The Labute approximate surface area is 555 Å². The molecule has 6 aliphatic heterocycles. The molecule has 7 amide bonds. The molecular weight excluding hydrogens is 1290 g/mol. The Morgan fingerprint density at radius 1 is 0.830 bits per heavy atom. The number of aromatic nitrogens is 2. The maximum absolute atomic E-state index is 14.4. The molecule has 1 radical (unpaired) electrons. The first kappa shape index (κ1) is 75.9. The zero-order chi connectivity index (χ0) is 69.4. The van der Waals surface area contributed by atoms with Gasteiger partial charge in [-0.3, -0.25) is 53.1 Å². The number of aliphatic hydroxyl groups is 2. The van der Waals surface area contributed by atoms with Gasteiger partial charge in [0.1, 0.15) is 18.3 Å². The topological polar surface area (TPSA) is 513 Å². The van der Waals surface area contributed by atoms with Gasteiger partial charge in [0.15, 0.2) is 11.6 Å². The fraction of sp³-hybridized carbons (Fsp3) is 0.629. The van der Waals surface area contributed by atoms with Crippen LogP contribution in [0.15, 0.2) is 73.1 Å². The number of fused-ring (bicyclic) bond motifs is 7. The van der Waals surface area contributed by atoms with E-state index >= 15 is 0 Å². The Balaban J connectivity index is 0.00000343. The van der Waals surface area contributed by atoms with Crippen molar-refractivity contribution < 1.29 is 89.0 Å². The van der Waals surface area contributed by atoms with Crippen LogP contribution in [0.1, 0.15) is 150 Å². The molecule has 8 rings (SSSR count). The van der Waals surface area contributed by atoms with Crippen LogP contribution in [0.4, 0.5) is 0 Å². The van der Waals surface area contributed by atoms with Gasteiger partial charge in [0.2, 0.25) is 41.4 Å². The fourth-order valence-corrected chi connectivity index (χ4v) is 16.6. The van der Waals surface area contributed by atoms with E-state index in [0.717, 1.165) is 11.1 Å². The summed E-state index contributed by atoms with van der Waals surface area (Å²) >= 11 is 0. The summed E-state index contributed by atoms with van der Waals surface area (Å²) in [6.45, 7) is 19.1. The van der Waals surface area contributed by atoms with Crippen LogP contribution in [0.2, 0.25) is 0 Å². The molecule has 0 spiro atoms. The van der Waals surface area contributed by atoms with Gasteiger partial charge in [-0.25, -0.2) is 4.98 Å². The number of nitrogens with two attached hydrogens (primary N) is 6. The molecule has 17 N–H and O–H groups in total. The summed E-state index contributed by atoms with van der Waals surface area (Å²) in [6, 6.07) is 2.67. The van der Waals surface area contributed by atoms with Crippen molar-refractivity contribution in [3.8, 4) is 0 Å². The van der Waals surface area contributed by atoms with Gasteiger partial charge < -0.3 is 83.7 Å². The van der Waals surface area contributed by atoms with Gasteiger partial charge in [-0.15, -0.1) is 4.91 Å². The Bertz CT molecular complexity index is 3610. The van der Waals surface area contributed by atoms with Gasteiger partial charge in [-0.05, 0) is 108 Å². The maximum Gasteiger partial charge on any atom is 0.268 e. The van der Waals surface area contributed by atoms with Crippen molar-refractivity contribution in [1.82, 2.24) is 20.2 Å². The first-order valence-electron chi connectivity index (χ1n) is 30.9. The molecule has 7 heterocycles. The van der Waals surface area contributed by atoms with Crippen LogP contribution < -0.4 is 49.9 Å². The van der Waals surface area contributed by atoms with Crippen LogP contribution in [0.5, 0.6) is 0 Å². The Morgan fingerprint density at radius 2 is 1.40 bits per heavy atom. The predicted octanol–water partition coefficient (Wildman–Crippen LogP) is 2.67. The molecule has 8 bridgehead atoms. The zero-order valence-electron chi connectivity index (χ0n) is 54.9. The number of aliphatic imine (C=N–C) groups is 3. The van der Waals surface area contributed by atoms with E-state index in [1.807, 2.05) is 87.4 Å². The van der Waals surface area contributed by atoms with Crippen molar-refractivity contribution in [1.29, 1.82) is 0 Å². The number of carbonyl (C=O) groups is 7. The molecule has 5 unspecified atom stereocenters. The number of phosphoric acid groups is 1. The summed E-state index contributed by atoms with van der Waals surface area (Å²) in [5.41, 5.74) is 37.2. The summed E-state index contributed by atoms with van der Waals surface area (Å²) in [5.74, 6) is -7.24. The Kier molecular flexibility index (Phi) is 23.5. The molecule has 0 saturated carbocycles. The number of imidazole rings is 1. The molecule has 1 aromatic carbocycles. The van der Waals surface area contributed by atoms with E-state index < -0.39 is 143 Å². The average molecular weight is 1380 g/mol. The number of nitrogens with zero attached hydrogens (tertiary/aromatic N) is 6. The van der Waals surface area contributed by atoms with Gasteiger partial charge in [0, 0.05) is 148 Å². The molecule has 32 heteroatoms. The van der Waals surface area contributed by atoms with Gasteiger partial charge >= 0.3 is 0 Å². The molecule has 2 aromatic rings. The van der Waals surface area contributed by atoms with Crippen LogP contribution >= 0.6 is 7.82 Å². The largest absolute Gasteiger partial charge is 0.756 e. The van der Waals surface area contributed by atoms with Crippen molar-refractivity contribution in [2.75, 3.05) is 13.2 Å². The Morgan fingerprint density at radius 3 is 1.97 bits per heavy atom. The SMILES string of the molecule is C/C1=C2N=C(/C=C3\N/C(=C(/C)C4=NC(C)(C5N=C1[C@](C)(CCC(=O)NCC(C)OP(=O)([O-])O[C@@H]1[C@@H](O)[C@@H](n6cnc7cc(C)c(C)cc76)O[C@@H]1CO)C5CC(N)=O)[C@@](C)(CC(N)=O)[C@@H]4CCC(N)=O)[C@@](C)(CC(N)=O)[C@@H]3CCC(N)=O)C(C)(C)[C@@H]/2CCC(N)=O.O=NO.[Co]. The van der Waals surface area contributed by atoms with Gasteiger partial charge in [-0.2, -0.15) is 0 Å². The first-order valence-corrected chi connectivity index (χ1v) is 32.4. The van der Waals surface area contributed by atoms with Crippen molar-refractivity contribution in [3.05, 3.63) is 68.8 Å². The summed E-state index contributed by atoms with van der Waals surface area (Å²) in [4.78, 5) is 136. The van der Waals surface area contributed by atoms with Crippen LogP contribution in [-0.2, 0) is 68.7 Å². The molecule has 15 atom stereocenters. The van der Waals surface area contributed by atoms with Crippen LogP contribution in [0, 0.1) is 64.1 Å². The van der Waals surface area contributed by atoms with Gasteiger partial charge in [-0.1, -0.05) is 34.6 Å². The minimum Gasteiger partial charge on any atom is -0.756 e. The van der Waals surface area contributed by atoms with E-state index in [-0.39, 0.29) is 94.0 Å². The normalized spacial score (nSPS) is 32.9. The third-order valence-corrected chi connectivity index (χ3v) is 21.7. The number of benzene rings is 1. The minimum absolute atomic E-state index is 0. The smallest absolute Gasteiger partial charge is 0.268 e. The van der Waals surface area contributed by atoms with Crippen molar-refractivity contribution in [2.45, 2.75) is 189 Å². The van der Waals surface area contributed by atoms with E-state index in [2.05, 4.69) is 15.6 Å². The summed E-state index contributed by atoms with van der Waals surface area (Å²) < 4.78 is 31.9. The molecule has 30 nitrogen and oxygen atoms in total. The maximum atomic E-state index is 14.4. The van der Waals surface area contributed by atoms with Crippen molar-refractivity contribution in [2.24, 2.45) is 100 Å². The quantitative estimate of drug-likeness (QED) is 0.0366. The Hall–Kier alpha value is -7.09. The number of amides is 7. The standard InChI is InChI=1S/C62H90N13O14P.Co.HNO2/c1-29-20-39-40(21-30(29)2)75(28-70-39)57-52(84)53(41(27-76)87-57)89-90(85,86)88-31(3)26-69-49(83)18-19-59(8)37(22-46(66)80)56-62(11)61(10,25-48(68)82)36(14-17-45(65)79)51(74-62)33(5)55-60(9,24-47(67)81)34(12-15-43(63)77)38(71-55)23-42-58(6,7)35(13-16-44(64)78)50(72-42)32(4)54(59)73-56;;2-1-3/h20-21,23,28,31,34-37,41,52-53,56-57,71,76,84H,12-19,22,24-27H2,1-11H3,(H2,63,77)(H2,64,78)(H2,65,79)(H2,66,80)(H2,67,81)(H2,68,82)(H,69,83)(H,85,86);;(H,2,3)/p-1/b38-23-,50-32-,55-33-;;/t31?,34-,35-,36-,37?,41-,52-,53+,56?,57+,59-,60+,61+,62?;;/m1../s1. The predicted molar refractivity (Wildman–Crippen MR) is 339 cm³/mol. The molecule has 0 aliphatic carbocycles. The van der Waals surface area contributed by atoms with Crippen LogP contribution in [0.3, 0.4) is 0 Å². The number of ether oxygens (including phenoxy) is 1. The van der Waals surface area contributed by atoms with Gasteiger partial charge in [0.05, 0.1) is 41.7 Å². The number of hydrogen-bond donors (Lipinski definition) is 11.